The minimum Gasteiger partial charge on any atom is -0.355 e. The highest BCUT2D eigenvalue weighted by Crippen LogP contribution is 2.61. The number of amides is 1. The number of nitrogens with one attached hydrogen (secondary N) is 1. The van der Waals surface area contributed by atoms with Crippen LogP contribution in [0.15, 0.2) is 29.2 Å². The molecule has 6 rings (SSSR count). The lowest BCUT2D eigenvalue weighted by Crippen LogP contribution is -2.47. The van der Waals surface area contributed by atoms with Gasteiger partial charge in [-0.05, 0) is 86.2 Å². The summed E-state index contributed by atoms with van der Waals surface area (Å²) < 4.78 is 0. The van der Waals surface area contributed by atoms with E-state index in [1.807, 2.05) is 0 Å². The average molecular weight is 342 g/mol. The van der Waals surface area contributed by atoms with Crippen LogP contribution in [0.25, 0.3) is 0 Å². The smallest absolute Gasteiger partial charge is 0.233 e. The van der Waals surface area contributed by atoms with Gasteiger partial charge < -0.3 is 5.32 Å². The molecule has 1 amide bonds. The van der Waals surface area contributed by atoms with Gasteiger partial charge in [-0.15, -0.1) is 11.8 Å². The summed E-state index contributed by atoms with van der Waals surface area (Å²) >= 11 is 1.74. The predicted octanol–water partition coefficient (Wildman–Crippen LogP) is 4.43. The summed E-state index contributed by atoms with van der Waals surface area (Å²) in [4.78, 5) is 13.9. The van der Waals surface area contributed by atoms with Crippen LogP contribution in [0.4, 0.5) is 0 Å². The Morgan fingerprint density at radius 1 is 1.08 bits per heavy atom. The summed E-state index contributed by atoms with van der Waals surface area (Å²) in [6.45, 7) is 0.887. The Hall–Kier alpha value is -0.960. The van der Waals surface area contributed by atoms with Crippen molar-refractivity contribution >= 4 is 17.7 Å². The molecular weight excluding hydrogens is 314 g/mol. The quantitative estimate of drug-likeness (QED) is 0.878. The van der Waals surface area contributed by atoms with Crippen molar-refractivity contribution in [1.29, 1.82) is 0 Å². The van der Waals surface area contributed by atoms with E-state index in [4.69, 9.17) is 0 Å². The maximum absolute atomic E-state index is 12.6. The first-order valence-corrected chi connectivity index (χ1v) is 10.6. The minimum absolute atomic E-state index is 0.0822. The number of carbonyl (C=O) groups excluding carboxylic acids is 1. The van der Waals surface area contributed by atoms with Gasteiger partial charge in [-0.2, -0.15) is 0 Å². The normalized spacial score (nSPS) is 39.0. The van der Waals surface area contributed by atoms with Crippen LogP contribution in [0.5, 0.6) is 0 Å². The third-order valence-corrected chi connectivity index (χ3v) is 8.38. The fraction of sp³-hybridized carbons (Fsp3) is 0.667. The first kappa shape index (κ1) is 15.3. The fourth-order valence-corrected chi connectivity index (χ4v) is 7.71. The van der Waals surface area contributed by atoms with Crippen molar-refractivity contribution in [2.45, 2.75) is 61.5 Å². The molecule has 1 N–H and O–H groups in total. The summed E-state index contributed by atoms with van der Waals surface area (Å²) in [6, 6.07) is 8.44. The Kier molecular flexibility index (Phi) is 3.69. The van der Waals surface area contributed by atoms with Gasteiger partial charge in [0.15, 0.2) is 0 Å². The summed E-state index contributed by atoms with van der Waals surface area (Å²) in [7, 11) is 0. The second-order valence-corrected chi connectivity index (χ2v) is 10.1. The molecule has 4 bridgehead atoms. The van der Waals surface area contributed by atoms with E-state index in [1.165, 1.54) is 55.4 Å². The zero-order valence-corrected chi connectivity index (χ0v) is 15.1. The largest absolute Gasteiger partial charge is 0.355 e. The molecule has 1 aliphatic heterocycles. The highest BCUT2D eigenvalue weighted by molar-refractivity contribution is 8.01. The highest BCUT2D eigenvalue weighted by atomic mass is 32.2. The maximum Gasteiger partial charge on any atom is 0.233 e. The summed E-state index contributed by atoms with van der Waals surface area (Å²) in [6.07, 6.45) is 10.9. The topological polar surface area (TPSA) is 29.1 Å². The number of hydrogen-bond donors (Lipinski definition) is 1. The van der Waals surface area contributed by atoms with Gasteiger partial charge in [-0.3, -0.25) is 4.79 Å². The van der Waals surface area contributed by atoms with Gasteiger partial charge in [0.2, 0.25) is 5.91 Å². The lowest BCUT2D eigenvalue weighted by Gasteiger charge is -2.57. The molecule has 0 saturated heterocycles. The number of fused-ring (bicyclic) bond motifs is 1. The Bertz CT molecular complexity index is 595. The summed E-state index contributed by atoms with van der Waals surface area (Å²) in [5, 5.41) is 3.36. The van der Waals surface area contributed by atoms with Crippen LogP contribution in [-0.2, 0) is 11.2 Å². The molecule has 1 heterocycles. The molecule has 4 fully saturated rings. The third-order valence-electron chi connectivity index (χ3n) is 7.06. The van der Waals surface area contributed by atoms with Gasteiger partial charge in [0.25, 0.3) is 0 Å². The van der Waals surface area contributed by atoms with Gasteiger partial charge in [0.05, 0.1) is 5.25 Å². The van der Waals surface area contributed by atoms with Crippen molar-refractivity contribution in [3.63, 3.8) is 0 Å². The second-order valence-electron chi connectivity index (χ2n) is 8.88. The summed E-state index contributed by atoms with van der Waals surface area (Å²) in [5.74, 6) is 3.27. The number of carbonyl (C=O) groups is 1. The zero-order valence-electron chi connectivity index (χ0n) is 14.3. The Morgan fingerprint density at radius 3 is 2.42 bits per heavy atom. The van der Waals surface area contributed by atoms with Crippen LogP contribution in [0.3, 0.4) is 0 Å². The van der Waals surface area contributed by atoms with Crippen molar-refractivity contribution < 1.29 is 4.79 Å². The molecule has 2 nitrogen and oxygen atoms in total. The van der Waals surface area contributed by atoms with Crippen LogP contribution >= 0.6 is 11.8 Å². The van der Waals surface area contributed by atoms with E-state index >= 15 is 0 Å². The average Bonchev–Trinajstić information content (AvgIpc) is 2.97. The van der Waals surface area contributed by atoms with Crippen LogP contribution < -0.4 is 5.32 Å². The Morgan fingerprint density at radius 2 is 1.75 bits per heavy atom. The molecule has 4 saturated carbocycles. The molecule has 1 atom stereocenters. The molecule has 128 valence electrons. The van der Waals surface area contributed by atoms with Crippen molar-refractivity contribution in [3.05, 3.63) is 29.8 Å². The first-order valence-electron chi connectivity index (χ1n) is 9.71. The van der Waals surface area contributed by atoms with E-state index in [2.05, 4.69) is 29.6 Å². The summed E-state index contributed by atoms with van der Waals surface area (Å²) in [5.41, 5.74) is 1.91. The lowest BCUT2D eigenvalue weighted by molar-refractivity contribution is -0.120. The van der Waals surface area contributed by atoms with Crippen molar-refractivity contribution in [1.82, 2.24) is 5.32 Å². The van der Waals surface area contributed by atoms with Crippen molar-refractivity contribution in [2.24, 2.45) is 23.2 Å². The molecule has 5 aliphatic rings. The van der Waals surface area contributed by atoms with Crippen LogP contribution in [0.1, 0.15) is 50.5 Å². The zero-order chi connectivity index (χ0) is 16.1. The molecular formula is C21H27NOS. The number of hydrogen-bond acceptors (Lipinski definition) is 2. The van der Waals surface area contributed by atoms with E-state index in [-0.39, 0.29) is 11.2 Å². The lowest BCUT2D eigenvalue weighted by atomic mass is 9.49. The third kappa shape index (κ3) is 2.69. The van der Waals surface area contributed by atoms with Crippen molar-refractivity contribution in [3.8, 4) is 0 Å². The molecule has 1 aromatic carbocycles. The SMILES string of the molecule is O=C(NCCC12CC3CC(CC(C3)C1)C2)C1Cc2ccccc2S1. The molecule has 4 aliphatic carbocycles. The predicted molar refractivity (Wildman–Crippen MR) is 98.0 cm³/mol. The van der Waals surface area contributed by atoms with E-state index in [1.54, 1.807) is 11.8 Å². The molecule has 1 aromatic rings. The van der Waals surface area contributed by atoms with Gasteiger partial charge in [0, 0.05) is 11.4 Å². The molecule has 3 heteroatoms. The van der Waals surface area contributed by atoms with Crippen LogP contribution in [0.2, 0.25) is 0 Å². The van der Waals surface area contributed by atoms with Crippen molar-refractivity contribution in [2.75, 3.05) is 6.54 Å². The van der Waals surface area contributed by atoms with Crippen LogP contribution in [0, 0.1) is 23.2 Å². The number of rotatable bonds is 4. The van der Waals surface area contributed by atoms with Gasteiger partial charge in [-0.1, -0.05) is 18.2 Å². The molecule has 24 heavy (non-hydrogen) atoms. The van der Waals surface area contributed by atoms with E-state index < -0.39 is 0 Å². The van der Waals surface area contributed by atoms with E-state index in [9.17, 15) is 4.79 Å². The monoisotopic (exact) mass is 341 g/mol. The second kappa shape index (κ2) is 5.79. The van der Waals surface area contributed by atoms with Gasteiger partial charge >= 0.3 is 0 Å². The Labute approximate surface area is 149 Å². The van der Waals surface area contributed by atoms with E-state index in [0.717, 1.165) is 30.7 Å². The number of thioether (sulfide) groups is 1. The standard InChI is InChI=1S/C21H27NOS/c23-20(19-10-17-3-1-2-4-18(17)24-19)22-6-5-21-11-14-7-15(12-21)9-16(8-14)13-21/h1-4,14-16,19H,5-13H2,(H,22,23). The maximum atomic E-state index is 12.6. The molecule has 0 spiro atoms. The Balaban J connectivity index is 1.16. The van der Waals surface area contributed by atoms with Gasteiger partial charge in [0.1, 0.15) is 0 Å². The molecule has 0 radical (unpaired) electrons. The van der Waals surface area contributed by atoms with Gasteiger partial charge in [-0.25, -0.2) is 0 Å². The fourth-order valence-electron chi connectivity index (χ4n) is 6.49. The number of benzene rings is 1. The minimum atomic E-state index is 0.0822. The molecule has 1 unspecified atom stereocenters. The molecule has 0 aromatic heterocycles. The highest BCUT2D eigenvalue weighted by Gasteiger charge is 2.50. The first-order chi connectivity index (χ1) is 11.7. The van der Waals surface area contributed by atoms with E-state index in [0.29, 0.717) is 5.41 Å². The van der Waals surface area contributed by atoms with Crippen LogP contribution in [-0.4, -0.2) is 17.7 Å².